The fraction of sp³-hybridized carbons (Fsp3) is 0.267. The summed E-state index contributed by atoms with van der Waals surface area (Å²) in [6, 6.07) is 7.70. The summed E-state index contributed by atoms with van der Waals surface area (Å²) in [5, 5.41) is 15.3. The van der Waals surface area contributed by atoms with Gasteiger partial charge in [0.25, 0.3) is 0 Å². The minimum absolute atomic E-state index is 0.275. The molecular weight excluding hydrogens is 270 g/mol. The molecule has 0 saturated carbocycles. The summed E-state index contributed by atoms with van der Waals surface area (Å²) in [5.74, 6) is -0.409. The van der Waals surface area contributed by atoms with Gasteiger partial charge in [-0.25, -0.2) is 4.79 Å². The quantitative estimate of drug-likeness (QED) is 0.910. The number of aliphatic carboxylic acids is 1. The van der Waals surface area contributed by atoms with Crippen LogP contribution in [0.25, 0.3) is 0 Å². The number of aliphatic imine (C=N–C) groups is 1. The SMILES string of the molecule is COc1ccc(CN2N=CC3C(C(=O)O)=CC=NC32)cc1. The largest absolute Gasteiger partial charge is 0.497 e. The second-order valence-corrected chi connectivity index (χ2v) is 4.87. The predicted molar refractivity (Wildman–Crippen MR) is 78.5 cm³/mol. The van der Waals surface area contributed by atoms with Crippen molar-refractivity contribution in [2.45, 2.75) is 12.7 Å². The summed E-state index contributed by atoms with van der Waals surface area (Å²) < 4.78 is 5.13. The number of ether oxygens (including phenoxy) is 1. The number of carboxylic acids is 1. The molecule has 2 atom stereocenters. The monoisotopic (exact) mass is 285 g/mol. The maximum atomic E-state index is 11.2. The van der Waals surface area contributed by atoms with Gasteiger partial charge >= 0.3 is 5.97 Å². The van der Waals surface area contributed by atoms with E-state index in [0.29, 0.717) is 12.1 Å². The van der Waals surface area contributed by atoms with Crippen LogP contribution in [0.2, 0.25) is 0 Å². The van der Waals surface area contributed by atoms with Crippen LogP contribution in [-0.4, -0.2) is 41.8 Å². The highest BCUT2D eigenvalue weighted by molar-refractivity contribution is 5.98. The summed E-state index contributed by atoms with van der Waals surface area (Å²) in [7, 11) is 1.63. The van der Waals surface area contributed by atoms with Gasteiger partial charge in [0, 0.05) is 12.4 Å². The maximum Gasteiger partial charge on any atom is 0.332 e. The Morgan fingerprint density at radius 2 is 2.14 bits per heavy atom. The lowest BCUT2D eigenvalue weighted by molar-refractivity contribution is -0.133. The van der Waals surface area contributed by atoms with E-state index in [0.717, 1.165) is 11.3 Å². The fourth-order valence-electron chi connectivity index (χ4n) is 2.49. The van der Waals surface area contributed by atoms with Crippen LogP contribution < -0.4 is 4.74 Å². The average molecular weight is 285 g/mol. The van der Waals surface area contributed by atoms with Gasteiger partial charge in [0.15, 0.2) is 0 Å². The van der Waals surface area contributed by atoms with E-state index in [-0.39, 0.29) is 12.1 Å². The summed E-state index contributed by atoms with van der Waals surface area (Å²) in [6.45, 7) is 0.575. The van der Waals surface area contributed by atoms with Crippen LogP contribution in [0.4, 0.5) is 0 Å². The fourth-order valence-corrected chi connectivity index (χ4v) is 2.49. The van der Waals surface area contributed by atoms with Crippen molar-refractivity contribution in [2.75, 3.05) is 7.11 Å². The second kappa shape index (κ2) is 5.40. The Balaban J connectivity index is 1.74. The zero-order valence-corrected chi connectivity index (χ0v) is 11.5. The second-order valence-electron chi connectivity index (χ2n) is 4.87. The third kappa shape index (κ3) is 2.52. The lowest BCUT2D eigenvalue weighted by Crippen LogP contribution is -2.34. The molecule has 108 valence electrons. The van der Waals surface area contributed by atoms with Crippen molar-refractivity contribution in [3.63, 3.8) is 0 Å². The van der Waals surface area contributed by atoms with Gasteiger partial charge in [0.2, 0.25) is 0 Å². The molecule has 0 saturated heterocycles. The Labute approximate surface area is 122 Å². The van der Waals surface area contributed by atoms with Gasteiger partial charge in [-0.2, -0.15) is 5.10 Å². The molecule has 2 heterocycles. The highest BCUT2D eigenvalue weighted by Gasteiger charge is 2.36. The van der Waals surface area contributed by atoms with E-state index in [2.05, 4.69) is 10.1 Å². The van der Waals surface area contributed by atoms with Gasteiger partial charge in [-0.3, -0.25) is 10.0 Å². The predicted octanol–water partition coefficient (Wildman–Crippen LogP) is 1.53. The third-order valence-electron chi connectivity index (χ3n) is 3.60. The van der Waals surface area contributed by atoms with Crippen molar-refractivity contribution < 1.29 is 14.6 Å². The Hall–Kier alpha value is -2.63. The van der Waals surface area contributed by atoms with Crippen LogP contribution in [0.1, 0.15) is 5.56 Å². The van der Waals surface area contributed by atoms with E-state index in [1.165, 1.54) is 6.08 Å². The molecule has 21 heavy (non-hydrogen) atoms. The Morgan fingerprint density at radius 1 is 1.38 bits per heavy atom. The minimum atomic E-state index is -0.922. The first-order valence-corrected chi connectivity index (χ1v) is 6.59. The number of benzene rings is 1. The molecule has 0 spiro atoms. The molecule has 0 aliphatic carbocycles. The molecule has 2 unspecified atom stereocenters. The molecule has 2 aliphatic rings. The standard InChI is InChI=1S/C15H15N3O3/c1-21-11-4-2-10(3-5-11)9-18-14-13(8-17-18)12(15(19)20)6-7-16-14/h2-8,13-14H,9H2,1H3,(H,19,20). The summed E-state index contributed by atoms with van der Waals surface area (Å²) >= 11 is 0. The van der Waals surface area contributed by atoms with E-state index >= 15 is 0 Å². The highest BCUT2D eigenvalue weighted by atomic mass is 16.5. The van der Waals surface area contributed by atoms with E-state index in [4.69, 9.17) is 4.74 Å². The smallest absolute Gasteiger partial charge is 0.332 e. The molecule has 1 aromatic rings. The van der Waals surface area contributed by atoms with Crippen LogP contribution in [-0.2, 0) is 11.3 Å². The molecule has 0 aromatic heterocycles. The van der Waals surface area contributed by atoms with Crippen molar-refractivity contribution in [1.82, 2.24) is 5.01 Å². The summed E-state index contributed by atoms with van der Waals surface area (Å²) in [4.78, 5) is 15.6. The molecule has 0 radical (unpaired) electrons. The number of carbonyl (C=O) groups is 1. The van der Waals surface area contributed by atoms with Crippen LogP contribution in [0.5, 0.6) is 5.75 Å². The lowest BCUT2D eigenvalue weighted by Gasteiger charge is -2.26. The van der Waals surface area contributed by atoms with E-state index in [1.54, 1.807) is 24.5 Å². The number of hydrogen-bond acceptors (Lipinski definition) is 5. The number of allylic oxidation sites excluding steroid dienone is 1. The summed E-state index contributed by atoms with van der Waals surface area (Å²) in [6.07, 6.45) is 4.46. The van der Waals surface area contributed by atoms with Crippen LogP contribution in [0.15, 0.2) is 46.0 Å². The molecule has 6 nitrogen and oxygen atoms in total. The van der Waals surface area contributed by atoms with Gasteiger partial charge in [0.05, 0.1) is 25.1 Å². The number of hydrazone groups is 1. The summed E-state index contributed by atoms with van der Waals surface area (Å²) in [5.41, 5.74) is 1.39. The molecule has 1 N–H and O–H groups in total. The van der Waals surface area contributed by atoms with Gasteiger partial charge in [-0.15, -0.1) is 0 Å². The zero-order chi connectivity index (χ0) is 14.8. The highest BCUT2D eigenvalue weighted by Crippen LogP contribution is 2.29. The zero-order valence-electron chi connectivity index (χ0n) is 11.5. The van der Waals surface area contributed by atoms with Gasteiger partial charge in [-0.1, -0.05) is 12.1 Å². The molecule has 2 aliphatic heterocycles. The van der Waals surface area contributed by atoms with Crippen molar-refractivity contribution >= 4 is 18.4 Å². The van der Waals surface area contributed by atoms with Gasteiger partial charge in [-0.05, 0) is 23.8 Å². The Bertz CT molecular complexity index is 634. The lowest BCUT2D eigenvalue weighted by atomic mass is 9.95. The third-order valence-corrected chi connectivity index (χ3v) is 3.60. The minimum Gasteiger partial charge on any atom is -0.497 e. The maximum absolute atomic E-state index is 11.2. The first-order chi connectivity index (χ1) is 10.2. The number of hydrogen-bond donors (Lipinski definition) is 1. The normalized spacial score (nSPS) is 22.9. The molecule has 3 rings (SSSR count). The average Bonchev–Trinajstić information content (AvgIpc) is 2.91. The van der Waals surface area contributed by atoms with Crippen LogP contribution in [0, 0.1) is 5.92 Å². The molecule has 0 bridgehead atoms. The molecular formula is C15H15N3O3. The molecule has 0 amide bonds. The number of rotatable bonds is 4. The van der Waals surface area contributed by atoms with Crippen LogP contribution >= 0.6 is 0 Å². The number of methoxy groups -OCH3 is 1. The number of nitrogens with zero attached hydrogens (tertiary/aromatic N) is 3. The number of fused-ring (bicyclic) bond motifs is 1. The van der Waals surface area contributed by atoms with Gasteiger partial charge < -0.3 is 9.84 Å². The van der Waals surface area contributed by atoms with Crippen molar-refractivity contribution in [3.05, 3.63) is 41.5 Å². The first kappa shape index (κ1) is 13.4. The van der Waals surface area contributed by atoms with Gasteiger partial charge in [0.1, 0.15) is 11.9 Å². The van der Waals surface area contributed by atoms with Crippen molar-refractivity contribution in [2.24, 2.45) is 16.0 Å². The number of dihydropyridines is 1. The molecule has 6 heteroatoms. The van der Waals surface area contributed by atoms with Crippen molar-refractivity contribution in [1.29, 1.82) is 0 Å². The topological polar surface area (TPSA) is 74.5 Å². The Kier molecular flexibility index (Phi) is 3.43. The first-order valence-electron chi connectivity index (χ1n) is 6.59. The molecule has 1 aromatic carbocycles. The van der Waals surface area contributed by atoms with E-state index in [9.17, 15) is 9.90 Å². The Morgan fingerprint density at radius 3 is 2.81 bits per heavy atom. The number of carboxylic acid groups (broad SMARTS) is 1. The van der Waals surface area contributed by atoms with Crippen LogP contribution in [0.3, 0.4) is 0 Å². The van der Waals surface area contributed by atoms with E-state index < -0.39 is 5.97 Å². The molecule has 0 fully saturated rings. The van der Waals surface area contributed by atoms with Crippen molar-refractivity contribution in [3.8, 4) is 5.75 Å². The van der Waals surface area contributed by atoms with E-state index in [1.807, 2.05) is 24.3 Å².